The van der Waals surface area contributed by atoms with Crippen LogP contribution in [0.25, 0.3) is 22.6 Å². The Balaban J connectivity index is 2.27. The van der Waals surface area contributed by atoms with E-state index in [4.69, 9.17) is 18.9 Å². The lowest BCUT2D eigenvalue weighted by Crippen LogP contribution is -2.50. The first kappa shape index (κ1) is 31.6. The molecule has 0 amide bonds. The number of nitrogens with zero attached hydrogens (tertiary/aromatic N) is 6. The second kappa shape index (κ2) is 13.6. The van der Waals surface area contributed by atoms with Gasteiger partial charge < -0.3 is 23.5 Å². The molecule has 42 heavy (non-hydrogen) atoms. The van der Waals surface area contributed by atoms with Crippen molar-refractivity contribution in [3.05, 3.63) is 46.3 Å². The van der Waals surface area contributed by atoms with Gasteiger partial charge >= 0.3 is 23.9 Å². The van der Waals surface area contributed by atoms with Crippen LogP contribution in [0.15, 0.2) is 29.6 Å². The zero-order valence-electron chi connectivity index (χ0n) is 24.2. The van der Waals surface area contributed by atoms with Gasteiger partial charge in [0.1, 0.15) is 6.61 Å². The highest BCUT2D eigenvalue weighted by Gasteiger charge is 2.39. The molecule has 0 spiro atoms. The number of esters is 4. The number of aromatic nitrogens is 6. The van der Waals surface area contributed by atoms with E-state index in [9.17, 15) is 24.0 Å². The standard InChI is InChI=1S/C27H32N6O9/c1-8-9-33-26(29-30-31-33)24-27(38)32(21-11-15(3)14(2)10-20(21)28-24)12-22(40-17(5)35)25(42-19(7)37)23(41-18(6)36)13-39-16(4)34/h8,10-11,22-23,25H,1,9,12-13H2,2-7H3/t22-,23+,25-/m0/s1. The summed E-state index contributed by atoms with van der Waals surface area (Å²) in [7, 11) is 0. The first-order valence-electron chi connectivity index (χ1n) is 12.9. The number of carbonyl (C=O) groups is 4. The van der Waals surface area contributed by atoms with Gasteiger partial charge in [0.2, 0.25) is 5.82 Å². The molecule has 0 fully saturated rings. The highest BCUT2D eigenvalue weighted by molar-refractivity contribution is 5.79. The van der Waals surface area contributed by atoms with Crippen molar-refractivity contribution < 1.29 is 38.1 Å². The number of carbonyl (C=O) groups excluding carboxylic acids is 4. The summed E-state index contributed by atoms with van der Waals surface area (Å²) in [6.45, 7) is 11.2. The number of hydrogen-bond acceptors (Lipinski definition) is 13. The van der Waals surface area contributed by atoms with Gasteiger partial charge in [-0.2, -0.15) is 0 Å². The summed E-state index contributed by atoms with van der Waals surface area (Å²) in [6.07, 6.45) is -2.71. The average Bonchev–Trinajstić information content (AvgIpc) is 3.35. The summed E-state index contributed by atoms with van der Waals surface area (Å²) in [6, 6.07) is 3.52. The van der Waals surface area contributed by atoms with E-state index in [0.29, 0.717) is 11.0 Å². The average molecular weight is 585 g/mol. The summed E-state index contributed by atoms with van der Waals surface area (Å²) >= 11 is 0. The van der Waals surface area contributed by atoms with Crippen LogP contribution in [0.4, 0.5) is 0 Å². The van der Waals surface area contributed by atoms with Crippen molar-refractivity contribution in [3.63, 3.8) is 0 Å². The van der Waals surface area contributed by atoms with E-state index in [1.54, 1.807) is 18.2 Å². The van der Waals surface area contributed by atoms with Crippen LogP contribution in [0.1, 0.15) is 38.8 Å². The molecule has 0 radical (unpaired) electrons. The van der Waals surface area contributed by atoms with E-state index in [-0.39, 0.29) is 24.6 Å². The van der Waals surface area contributed by atoms with Crippen LogP contribution in [0.3, 0.4) is 0 Å². The van der Waals surface area contributed by atoms with Crippen molar-refractivity contribution in [2.45, 2.75) is 72.9 Å². The van der Waals surface area contributed by atoms with Crippen LogP contribution in [0.2, 0.25) is 0 Å². The summed E-state index contributed by atoms with van der Waals surface area (Å²) < 4.78 is 24.0. The van der Waals surface area contributed by atoms with Gasteiger partial charge in [-0.05, 0) is 47.5 Å². The number of ether oxygens (including phenoxy) is 4. The van der Waals surface area contributed by atoms with Crippen molar-refractivity contribution in [1.29, 1.82) is 0 Å². The molecule has 0 saturated carbocycles. The minimum atomic E-state index is -1.48. The van der Waals surface area contributed by atoms with Gasteiger partial charge in [0, 0.05) is 27.7 Å². The lowest BCUT2D eigenvalue weighted by Gasteiger charge is -2.32. The van der Waals surface area contributed by atoms with E-state index >= 15 is 0 Å². The van der Waals surface area contributed by atoms with Gasteiger partial charge in [-0.25, -0.2) is 9.67 Å². The second-order valence-corrected chi connectivity index (χ2v) is 9.45. The quantitative estimate of drug-likeness (QED) is 0.168. The monoisotopic (exact) mass is 584 g/mol. The maximum Gasteiger partial charge on any atom is 0.303 e. The van der Waals surface area contributed by atoms with Crippen molar-refractivity contribution in [2.24, 2.45) is 0 Å². The van der Waals surface area contributed by atoms with Gasteiger partial charge in [0.15, 0.2) is 24.0 Å². The Morgan fingerprint density at radius 2 is 1.55 bits per heavy atom. The molecular weight excluding hydrogens is 552 g/mol. The molecule has 3 rings (SSSR count). The Kier molecular flexibility index (Phi) is 10.2. The van der Waals surface area contributed by atoms with Crippen LogP contribution in [-0.2, 0) is 51.2 Å². The fourth-order valence-corrected chi connectivity index (χ4v) is 4.24. The number of rotatable bonds is 12. The van der Waals surface area contributed by atoms with Crippen LogP contribution >= 0.6 is 0 Å². The van der Waals surface area contributed by atoms with Crippen molar-refractivity contribution >= 4 is 34.9 Å². The lowest BCUT2D eigenvalue weighted by molar-refractivity contribution is -0.190. The normalized spacial score (nSPS) is 13.1. The highest BCUT2D eigenvalue weighted by atomic mass is 16.6. The van der Waals surface area contributed by atoms with Gasteiger partial charge in [0.05, 0.1) is 24.1 Å². The van der Waals surface area contributed by atoms with Gasteiger partial charge in [-0.3, -0.25) is 24.0 Å². The number of tetrazole rings is 1. The maximum absolute atomic E-state index is 14.0. The minimum absolute atomic E-state index is 0.0713. The van der Waals surface area contributed by atoms with Gasteiger partial charge in [-0.15, -0.1) is 11.7 Å². The van der Waals surface area contributed by atoms with E-state index in [1.807, 2.05) is 13.8 Å². The number of hydrogen-bond donors (Lipinski definition) is 0. The zero-order valence-corrected chi connectivity index (χ0v) is 24.2. The van der Waals surface area contributed by atoms with Crippen molar-refractivity contribution in [2.75, 3.05) is 6.61 Å². The Labute approximate surface area is 240 Å². The van der Waals surface area contributed by atoms with E-state index in [0.717, 1.165) is 38.8 Å². The molecule has 2 heterocycles. The largest absolute Gasteiger partial charge is 0.462 e. The fraction of sp³-hybridized carbons (Fsp3) is 0.444. The molecule has 0 bridgehead atoms. The number of fused-ring (bicyclic) bond motifs is 1. The lowest BCUT2D eigenvalue weighted by atomic mass is 10.1. The third-order valence-corrected chi connectivity index (χ3v) is 6.09. The topological polar surface area (TPSA) is 184 Å². The molecule has 0 unspecified atom stereocenters. The third kappa shape index (κ3) is 7.62. The predicted octanol–water partition coefficient (Wildman–Crippen LogP) is 1.21. The Morgan fingerprint density at radius 3 is 2.14 bits per heavy atom. The molecule has 15 heteroatoms. The molecule has 0 saturated heterocycles. The molecular formula is C27H32N6O9. The SMILES string of the molecule is C=CCn1nnnc1-c1nc2cc(C)c(C)cc2n(C[C@H](OC(C)=O)[C@H](OC(C)=O)[C@@H](COC(C)=O)OC(C)=O)c1=O. The van der Waals surface area contributed by atoms with E-state index in [1.165, 1.54) is 9.25 Å². The van der Waals surface area contributed by atoms with Crippen LogP contribution < -0.4 is 5.56 Å². The summed E-state index contributed by atoms with van der Waals surface area (Å²) in [4.78, 5) is 66.5. The van der Waals surface area contributed by atoms with Crippen molar-refractivity contribution in [3.8, 4) is 11.5 Å². The van der Waals surface area contributed by atoms with Gasteiger partial charge in [0.25, 0.3) is 5.56 Å². The molecule has 0 aliphatic carbocycles. The predicted molar refractivity (Wildman–Crippen MR) is 146 cm³/mol. The minimum Gasteiger partial charge on any atom is -0.462 e. The molecule has 1 aromatic carbocycles. The summed E-state index contributed by atoms with van der Waals surface area (Å²) in [5.41, 5.74) is 1.77. The van der Waals surface area contributed by atoms with Crippen LogP contribution in [0.5, 0.6) is 0 Å². The fourth-order valence-electron chi connectivity index (χ4n) is 4.24. The number of benzene rings is 1. The number of aryl methyl sites for hydroxylation is 2. The summed E-state index contributed by atoms with van der Waals surface area (Å²) in [5, 5.41) is 11.5. The smallest absolute Gasteiger partial charge is 0.303 e. The Morgan fingerprint density at radius 1 is 0.929 bits per heavy atom. The molecule has 15 nitrogen and oxygen atoms in total. The molecule has 0 N–H and O–H groups in total. The molecule has 224 valence electrons. The molecule has 3 atom stereocenters. The maximum atomic E-state index is 14.0. The first-order valence-corrected chi connectivity index (χ1v) is 12.9. The zero-order chi connectivity index (χ0) is 31.1. The van der Waals surface area contributed by atoms with Crippen LogP contribution in [0, 0.1) is 13.8 Å². The molecule has 0 aliphatic rings. The van der Waals surface area contributed by atoms with Gasteiger partial charge in [-0.1, -0.05) is 6.08 Å². The molecule has 0 aliphatic heterocycles. The molecule has 3 aromatic rings. The van der Waals surface area contributed by atoms with Crippen molar-refractivity contribution in [1.82, 2.24) is 29.8 Å². The first-order chi connectivity index (χ1) is 19.8. The number of allylic oxidation sites excluding steroid dienone is 1. The third-order valence-electron chi connectivity index (χ3n) is 6.09. The second-order valence-electron chi connectivity index (χ2n) is 9.45. The molecule has 2 aromatic heterocycles. The van der Waals surface area contributed by atoms with Crippen LogP contribution in [-0.4, -0.2) is 78.6 Å². The van der Waals surface area contributed by atoms with E-state index < -0.39 is 54.4 Å². The Hall–Kier alpha value is -4.95. The van der Waals surface area contributed by atoms with E-state index in [2.05, 4.69) is 27.1 Å². The highest BCUT2D eigenvalue weighted by Crippen LogP contribution is 2.23. The summed E-state index contributed by atoms with van der Waals surface area (Å²) in [5.74, 6) is -2.98. The Bertz CT molecular complexity index is 1580.